The summed E-state index contributed by atoms with van der Waals surface area (Å²) in [5.41, 5.74) is 2.59. The molecule has 5 rings (SSSR count). The number of thiophene rings is 1. The molecule has 0 spiro atoms. The van der Waals surface area contributed by atoms with Crippen LogP contribution in [0.15, 0.2) is 24.3 Å². The highest BCUT2D eigenvalue weighted by Gasteiger charge is 2.32. The van der Waals surface area contributed by atoms with Crippen molar-refractivity contribution in [2.75, 3.05) is 38.3 Å². The number of ether oxygens (including phenoxy) is 2. The number of hydrogen-bond acceptors (Lipinski definition) is 7. The summed E-state index contributed by atoms with van der Waals surface area (Å²) < 4.78 is 10.8. The molecule has 6 nitrogen and oxygen atoms in total. The Morgan fingerprint density at radius 2 is 1.87 bits per heavy atom. The van der Waals surface area contributed by atoms with E-state index in [1.807, 2.05) is 12.1 Å². The molecule has 0 atom stereocenters. The van der Waals surface area contributed by atoms with E-state index in [4.69, 9.17) is 19.4 Å². The summed E-state index contributed by atoms with van der Waals surface area (Å²) >= 11 is 1.79. The molecule has 0 bridgehead atoms. The fourth-order valence-corrected chi connectivity index (χ4v) is 5.24. The van der Waals surface area contributed by atoms with Crippen molar-refractivity contribution >= 4 is 27.4 Å². The van der Waals surface area contributed by atoms with Gasteiger partial charge < -0.3 is 14.4 Å². The van der Waals surface area contributed by atoms with Crippen molar-refractivity contribution in [3.63, 3.8) is 0 Å². The Balaban J connectivity index is 1.52. The average molecular weight is 439 g/mol. The third kappa shape index (κ3) is 4.40. The minimum absolute atomic E-state index is 0.552. The molecule has 164 valence electrons. The van der Waals surface area contributed by atoms with Crippen LogP contribution in [0.1, 0.15) is 34.7 Å². The van der Waals surface area contributed by atoms with Crippen LogP contribution >= 0.6 is 11.3 Å². The van der Waals surface area contributed by atoms with Gasteiger partial charge in [-0.2, -0.15) is 0 Å². The van der Waals surface area contributed by atoms with Crippen molar-refractivity contribution in [1.82, 2.24) is 14.9 Å². The van der Waals surface area contributed by atoms with Crippen molar-refractivity contribution in [2.45, 2.75) is 45.8 Å². The molecule has 1 aromatic carbocycles. The van der Waals surface area contributed by atoms with E-state index in [2.05, 4.69) is 35.8 Å². The normalized spacial score (nSPS) is 17.3. The van der Waals surface area contributed by atoms with E-state index in [0.29, 0.717) is 6.04 Å². The third-order valence-corrected chi connectivity index (χ3v) is 7.40. The van der Waals surface area contributed by atoms with Crippen LogP contribution in [0.25, 0.3) is 10.2 Å². The van der Waals surface area contributed by atoms with Gasteiger partial charge in [0.05, 0.1) is 32.3 Å². The number of aromatic nitrogens is 2. The number of nitrogens with zero attached hydrogens (tertiary/aromatic N) is 4. The summed E-state index contributed by atoms with van der Waals surface area (Å²) in [4.78, 5) is 17.5. The molecule has 0 unspecified atom stereocenters. The van der Waals surface area contributed by atoms with E-state index in [0.717, 1.165) is 61.6 Å². The predicted molar refractivity (Wildman–Crippen MR) is 125 cm³/mol. The largest absolute Gasteiger partial charge is 0.497 e. The van der Waals surface area contributed by atoms with Crippen molar-refractivity contribution < 1.29 is 9.47 Å². The second-order valence-corrected chi connectivity index (χ2v) is 9.73. The predicted octanol–water partition coefficient (Wildman–Crippen LogP) is 4.32. The summed E-state index contributed by atoms with van der Waals surface area (Å²) in [6.45, 7) is 9.50. The number of methoxy groups -OCH3 is 1. The number of aryl methyl sites for hydroxylation is 2. The van der Waals surface area contributed by atoms with Crippen molar-refractivity contribution in [3.05, 3.63) is 46.1 Å². The molecule has 3 heterocycles. The van der Waals surface area contributed by atoms with E-state index in [1.165, 1.54) is 34.2 Å². The van der Waals surface area contributed by atoms with Gasteiger partial charge in [0.25, 0.3) is 0 Å². The lowest BCUT2D eigenvalue weighted by Crippen LogP contribution is -2.36. The highest BCUT2D eigenvalue weighted by molar-refractivity contribution is 7.18. The Bertz CT molecular complexity index is 1060. The molecule has 1 saturated carbocycles. The van der Waals surface area contributed by atoms with Gasteiger partial charge in [-0.1, -0.05) is 12.1 Å². The number of rotatable bonds is 7. The van der Waals surface area contributed by atoms with Crippen LogP contribution in [0.3, 0.4) is 0 Å². The number of hydrogen-bond donors (Lipinski definition) is 0. The molecule has 2 aliphatic rings. The first-order chi connectivity index (χ1) is 15.1. The van der Waals surface area contributed by atoms with E-state index in [-0.39, 0.29) is 0 Å². The molecule has 1 aliphatic carbocycles. The zero-order valence-electron chi connectivity index (χ0n) is 18.6. The van der Waals surface area contributed by atoms with Crippen LogP contribution in [0.5, 0.6) is 5.75 Å². The lowest BCUT2D eigenvalue weighted by Gasteiger charge is -2.28. The number of morpholine rings is 1. The van der Waals surface area contributed by atoms with E-state index < -0.39 is 0 Å². The van der Waals surface area contributed by atoms with Crippen LogP contribution in [0.4, 0.5) is 5.82 Å². The van der Waals surface area contributed by atoms with Crippen molar-refractivity contribution in [2.24, 2.45) is 0 Å². The lowest BCUT2D eigenvalue weighted by atomic mass is 10.1. The first kappa shape index (κ1) is 20.7. The Kier molecular flexibility index (Phi) is 5.82. The van der Waals surface area contributed by atoms with Crippen LogP contribution in [0, 0.1) is 13.8 Å². The van der Waals surface area contributed by atoms with Crippen LogP contribution < -0.4 is 9.64 Å². The van der Waals surface area contributed by atoms with Gasteiger partial charge in [-0.15, -0.1) is 11.3 Å². The smallest absolute Gasteiger partial charge is 0.146 e. The van der Waals surface area contributed by atoms with Gasteiger partial charge in [-0.25, -0.2) is 9.97 Å². The molecular formula is C24H30N4O2S. The quantitative estimate of drug-likeness (QED) is 0.548. The van der Waals surface area contributed by atoms with E-state index >= 15 is 0 Å². The maximum atomic E-state index is 5.51. The van der Waals surface area contributed by atoms with E-state index in [9.17, 15) is 0 Å². The molecule has 2 aromatic heterocycles. The molecular weight excluding hydrogens is 408 g/mol. The highest BCUT2D eigenvalue weighted by atomic mass is 32.1. The van der Waals surface area contributed by atoms with Gasteiger partial charge in [0, 0.05) is 30.6 Å². The van der Waals surface area contributed by atoms with Crippen LogP contribution in [-0.2, 0) is 17.8 Å². The zero-order chi connectivity index (χ0) is 21.4. The second-order valence-electron chi connectivity index (χ2n) is 8.52. The molecule has 31 heavy (non-hydrogen) atoms. The van der Waals surface area contributed by atoms with Gasteiger partial charge in [-0.05, 0) is 49.9 Å². The topological polar surface area (TPSA) is 50.7 Å². The minimum atomic E-state index is 0.552. The first-order valence-corrected chi connectivity index (χ1v) is 11.9. The molecule has 0 amide bonds. The Hall–Kier alpha value is -2.22. The van der Waals surface area contributed by atoms with Crippen molar-refractivity contribution in [1.29, 1.82) is 0 Å². The first-order valence-electron chi connectivity index (χ1n) is 11.1. The summed E-state index contributed by atoms with van der Waals surface area (Å²) in [5, 5.41) is 1.23. The highest BCUT2D eigenvalue weighted by Crippen LogP contribution is 2.40. The lowest BCUT2D eigenvalue weighted by molar-refractivity contribution is 0.0331. The van der Waals surface area contributed by atoms with Gasteiger partial charge in [0.15, 0.2) is 0 Å². The molecule has 3 aromatic rings. The summed E-state index contributed by atoms with van der Waals surface area (Å²) in [6, 6.07) is 8.95. The summed E-state index contributed by atoms with van der Waals surface area (Å²) in [5.74, 6) is 2.92. The monoisotopic (exact) mass is 438 g/mol. The van der Waals surface area contributed by atoms with Crippen LogP contribution in [0.2, 0.25) is 0 Å². The Morgan fingerprint density at radius 1 is 1.13 bits per heavy atom. The summed E-state index contributed by atoms with van der Waals surface area (Å²) in [6.07, 6.45) is 2.45. The number of benzene rings is 1. The van der Waals surface area contributed by atoms with Gasteiger partial charge in [0.1, 0.15) is 22.2 Å². The zero-order valence-corrected chi connectivity index (χ0v) is 19.4. The van der Waals surface area contributed by atoms with Crippen molar-refractivity contribution in [3.8, 4) is 5.75 Å². The van der Waals surface area contributed by atoms with E-state index in [1.54, 1.807) is 18.4 Å². The maximum Gasteiger partial charge on any atom is 0.146 e. The van der Waals surface area contributed by atoms with Gasteiger partial charge in [0.2, 0.25) is 0 Å². The molecule has 1 aliphatic heterocycles. The fourth-order valence-electron chi connectivity index (χ4n) is 4.20. The fraction of sp³-hybridized carbons (Fsp3) is 0.500. The van der Waals surface area contributed by atoms with Gasteiger partial charge in [-0.3, -0.25) is 4.90 Å². The SMILES string of the molecule is COc1ccc(CN(c2nc(CN3CCOCC3)nc3sc(C)c(C)c23)C2CC2)cc1. The maximum absolute atomic E-state index is 5.51. The standard InChI is InChI=1S/C24H30N4O2S/c1-16-17(2)31-24-22(16)23(25-21(26-24)15-27-10-12-30-13-11-27)28(19-6-7-19)14-18-4-8-20(29-3)9-5-18/h4-5,8-9,19H,6-7,10-15H2,1-3H3. The minimum Gasteiger partial charge on any atom is -0.497 e. The average Bonchev–Trinajstić information content (AvgIpc) is 3.59. The summed E-state index contributed by atoms with van der Waals surface area (Å²) in [7, 11) is 1.71. The number of fused-ring (bicyclic) bond motifs is 1. The third-order valence-electron chi connectivity index (χ3n) is 6.30. The molecule has 0 N–H and O–H groups in total. The Morgan fingerprint density at radius 3 is 2.55 bits per heavy atom. The Labute approximate surface area is 187 Å². The van der Waals surface area contributed by atoms with Gasteiger partial charge >= 0.3 is 0 Å². The number of anilines is 1. The van der Waals surface area contributed by atoms with Crippen LogP contribution in [-0.4, -0.2) is 54.3 Å². The molecule has 0 radical (unpaired) electrons. The molecule has 7 heteroatoms. The molecule has 2 fully saturated rings. The second kappa shape index (κ2) is 8.73. The molecule has 1 saturated heterocycles.